The van der Waals surface area contributed by atoms with Gasteiger partial charge in [0.25, 0.3) is 0 Å². The summed E-state index contributed by atoms with van der Waals surface area (Å²) in [6.07, 6.45) is -6.10. The third kappa shape index (κ3) is 3.71. The van der Waals surface area contributed by atoms with Gasteiger partial charge in [0.15, 0.2) is 0 Å². The lowest BCUT2D eigenvalue weighted by Crippen LogP contribution is -2.55. The molecular formula is C23H26O7. The van der Waals surface area contributed by atoms with E-state index in [1.165, 1.54) is 11.6 Å². The number of hydrogen-bond donors (Lipinski definition) is 5. The van der Waals surface area contributed by atoms with Crippen molar-refractivity contribution in [1.82, 2.24) is 0 Å². The lowest BCUT2D eigenvalue weighted by molar-refractivity contribution is -0.232. The first-order chi connectivity index (χ1) is 14.3. The number of phenols is 1. The first-order valence-electron chi connectivity index (χ1n) is 9.90. The second kappa shape index (κ2) is 8.02. The Morgan fingerprint density at radius 3 is 2.37 bits per heavy atom. The molecule has 2 aromatic carbocycles. The van der Waals surface area contributed by atoms with Crippen LogP contribution in [0.4, 0.5) is 0 Å². The van der Waals surface area contributed by atoms with Gasteiger partial charge in [0.2, 0.25) is 0 Å². The molecule has 0 radical (unpaired) electrons. The first kappa shape index (κ1) is 20.8. The predicted molar refractivity (Wildman–Crippen MR) is 109 cm³/mol. The van der Waals surface area contributed by atoms with Crippen molar-refractivity contribution >= 4 is 11.0 Å². The number of benzene rings is 2. The standard InChI is InChI=1S/C23H26O7/c1-11-5-14-9-15(29-18(14)6-12(11)2)7-13-3-4-17(25)16(8-13)23-22(28)21(27)20(26)19(10-24)30-23/h3-6,8-9,19-28H,7,10H2,1-2H3/t19?,20-,21+,22-,23?/m1/s1. The number of hydrogen-bond acceptors (Lipinski definition) is 7. The summed E-state index contributed by atoms with van der Waals surface area (Å²) in [5, 5.41) is 51.2. The van der Waals surface area contributed by atoms with E-state index in [2.05, 4.69) is 6.07 Å². The summed E-state index contributed by atoms with van der Waals surface area (Å²) < 4.78 is 11.5. The maximum absolute atomic E-state index is 10.4. The van der Waals surface area contributed by atoms with Crippen molar-refractivity contribution in [3.8, 4) is 5.75 Å². The molecule has 1 aromatic heterocycles. The molecule has 1 saturated heterocycles. The van der Waals surface area contributed by atoms with Gasteiger partial charge in [-0.3, -0.25) is 0 Å². The van der Waals surface area contributed by atoms with Gasteiger partial charge in [-0.15, -0.1) is 0 Å². The van der Waals surface area contributed by atoms with Crippen LogP contribution >= 0.6 is 0 Å². The summed E-state index contributed by atoms with van der Waals surface area (Å²) in [5.74, 6) is 0.638. The van der Waals surface area contributed by atoms with Gasteiger partial charge in [-0.1, -0.05) is 6.07 Å². The Balaban J connectivity index is 1.63. The largest absolute Gasteiger partial charge is 0.508 e. The van der Waals surface area contributed by atoms with E-state index in [1.807, 2.05) is 26.0 Å². The molecule has 0 bridgehead atoms. The normalized spacial score (nSPS) is 26.9. The third-order valence-electron chi connectivity index (χ3n) is 5.85. The van der Waals surface area contributed by atoms with Gasteiger partial charge in [0, 0.05) is 17.4 Å². The van der Waals surface area contributed by atoms with Crippen LogP contribution in [0.25, 0.3) is 11.0 Å². The molecule has 1 aliphatic rings. The maximum Gasteiger partial charge on any atom is 0.134 e. The SMILES string of the molecule is Cc1cc2cc(Cc3ccc(O)c(C4OC(CO)[C@@H](O)[C@H](O)[C@H]4O)c3)oc2cc1C. The number of aromatic hydroxyl groups is 1. The molecular weight excluding hydrogens is 388 g/mol. The van der Waals surface area contributed by atoms with Crippen LogP contribution in [0.3, 0.4) is 0 Å². The molecule has 2 heterocycles. The zero-order valence-electron chi connectivity index (χ0n) is 16.8. The Morgan fingerprint density at radius 2 is 1.63 bits per heavy atom. The van der Waals surface area contributed by atoms with Crippen LogP contribution in [-0.4, -0.2) is 56.6 Å². The molecule has 2 unspecified atom stereocenters. The summed E-state index contributed by atoms with van der Waals surface area (Å²) in [5.41, 5.74) is 4.22. The van der Waals surface area contributed by atoms with Crippen LogP contribution in [0.1, 0.15) is 34.1 Å². The van der Waals surface area contributed by atoms with Crippen molar-refractivity contribution in [3.05, 3.63) is 64.4 Å². The van der Waals surface area contributed by atoms with E-state index in [0.29, 0.717) is 6.42 Å². The maximum atomic E-state index is 10.4. The zero-order chi connectivity index (χ0) is 21.6. The molecule has 5 N–H and O–H groups in total. The van der Waals surface area contributed by atoms with Crippen LogP contribution in [0.15, 0.2) is 40.8 Å². The monoisotopic (exact) mass is 414 g/mol. The van der Waals surface area contributed by atoms with Gasteiger partial charge in [-0.2, -0.15) is 0 Å². The number of ether oxygens (including phenoxy) is 1. The Labute approximate surface area is 173 Å². The number of phenolic OH excluding ortho intramolecular Hbond substituents is 1. The fraction of sp³-hybridized carbons (Fsp3) is 0.391. The van der Waals surface area contributed by atoms with Gasteiger partial charge in [0.1, 0.15) is 47.6 Å². The van der Waals surface area contributed by atoms with Crippen molar-refractivity contribution < 1.29 is 34.7 Å². The quantitative estimate of drug-likeness (QED) is 0.441. The van der Waals surface area contributed by atoms with Gasteiger partial charge in [0.05, 0.1) is 6.61 Å². The fourth-order valence-electron chi connectivity index (χ4n) is 3.95. The molecule has 160 valence electrons. The van der Waals surface area contributed by atoms with E-state index < -0.39 is 37.1 Å². The van der Waals surface area contributed by atoms with Gasteiger partial charge in [-0.25, -0.2) is 0 Å². The van der Waals surface area contributed by atoms with Crippen molar-refractivity contribution in [1.29, 1.82) is 0 Å². The molecule has 3 aromatic rings. The Morgan fingerprint density at radius 1 is 0.900 bits per heavy atom. The highest BCUT2D eigenvalue weighted by Crippen LogP contribution is 2.37. The van der Waals surface area contributed by atoms with E-state index >= 15 is 0 Å². The van der Waals surface area contributed by atoms with Crippen LogP contribution in [-0.2, 0) is 11.2 Å². The van der Waals surface area contributed by atoms with Crippen molar-refractivity contribution in [2.45, 2.75) is 50.8 Å². The highest BCUT2D eigenvalue weighted by Gasteiger charge is 2.44. The minimum Gasteiger partial charge on any atom is -0.508 e. The Hall–Kier alpha value is -2.42. The van der Waals surface area contributed by atoms with Gasteiger partial charge < -0.3 is 34.7 Å². The number of fused-ring (bicyclic) bond motifs is 1. The number of aliphatic hydroxyl groups is 4. The Kier molecular flexibility index (Phi) is 5.57. The van der Waals surface area contributed by atoms with Crippen molar-refractivity contribution in [2.24, 2.45) is 0 Å². The molecule has 7 heteroatoms. The molecule has 4 rings (SSSR count). The minimum absolute atomic E-state index is 0.112. The molecule has 0 aliphatic carbocycles. The lowest BCUT2D eigenvalue weighted by atomic mass is 9.90. The number of furan rings is 1. The summed E-state index contributed by atoms with van der Waals surface area (Å²) >= 11 is 0. The molecule has 7 nitrogen and oxygen atoms in total. The topological polar surface area (TPSA) is 124 Å². The van der Waals surface area contributed by atoms with Crippen LogP contribution in [0.5, 0.6) is 5.75 Å². The van der Waals surface area contributed by atoms with Crippen LogP contribution in [0, 0.1) is 13.8 Å². The molecule has 0 saturated carbocycles. The second-order valence-corrected chi connectivity index (χ2v) is 8.01. The van der Waals surface area contributed by atoms with E-state index in [4.69, 9.17) is 9.15 Å². The number of aliphatic hydroxyl groups excluding tert-OH is 4. The van der Waals surface area contributed by atoms with E-state index in [-0.39, 0.29) is 11.3 Å². The molecule has 0 spiro atoms. The second-order valence-electron chi connectivity index (χ2n) is 8.01. The molecule has 5 atom stereocenters. The third-order valence-corrected chi connectivity index (χ3v) is 5.85. The molecule has 1 fully saturated rings. The summed E-state index contributed by atoms with van der Waals surface area (Å²) in [7, 11) is 0. The fourth-order valence-corrected chi connectivity index (χ4v) is 3.95. The summed E-state index contributed by atoms with van der Waals surface area (Å²) in [6.45, 7) is 3.55. The van der Waals surface area contributed by atoms with Crippen LogP contribution < -0.4 is 0 Å². The smallest absolute Gasteiger partial charge is 0.134 e. The van der Waals surface area contributed by atoms with E-state index in [9.17, 15) is 25.5 Å². The first-order valence-corrected chi connectivity index (χ1v) is 9.90. The highest BCUT2D eigenvalue weighted by molar-refractivity contribution is 5.79. The average molecular weight is 414 g/mol. The summed E-state index contributed by atoms with van der Waals surface area (Å²) in [4.78, 5) is 0. The van der Waals surface area contributed by atoms with Crippen LogP contribution in [0.2, 0.25) is 0 Å². The van der Waals surface area contributed by atoms with Gasteiger partial charge in [-0.05, 0) is 60.9 Å². The van der Waals surface area contributed by atoms with Crippen molar-refractivity contribution in [3.63, 3.8) is 0 Å². The highest BCUT2D eigenvalue weighted by atomic mass is 16.5. The lowest BCUT2D eigenvalue weighted by Gasteiger charge is -2.40. The Bertz CT molecular complexity index is 1020. The number of rotatable bonds is 4. The molecule has 30 heavy (non-hydrogen) atoms. The van der Waals surface area contributed by atoms with Crippen molar-refractivity contribution in [2.75, 3.05) is 6.61 Å². The van der Waals surface area contributed by atoms with E-state index in [0.717, 1.165) is 27.9 Å². The predicted octanol–water partition coefficient (Wildman–Crippen LogP) is 1.86. The molecule has 1 aliphatic heterocycles. The molecule has 0 amide bonds. The average Bonchev–Trinajstić information content (AvgIpc) is 3.09. The summed E-state index contributed by atoms with van der Waals surface area (Å²) in [6, 6.07) is 11.0. The minimum atomic E-state index is -1.51. The zero-order valence-corrected chi connectivity index (χ0v) is 16.8. The van der Waals surface area contributed by atoms with E-state index in [1.54, 1.807) is 12.1 Å². The van der Waals surface area contributed by atoms with Gasteiger partial charge >= 0.3 is 0 Å². The number of aryl methyl sites for hydroxylation is 2.